The highest BCUT2D eigenvalue weighted by Crippen LogP contribution is 2.31. The molecule has 3 aromatic rings. The molecule has 0 spiro atoms. The summed E-state index contributed by atoms with van der Waals surface area (Å²) in [4.78, 5) is 21.8. The second-order valence-electron chi connectivity index (χ2n) is 6.61. The Kier molecular flexibility index (Phi) is 4.75. The van der Waals surface area contributed by atoms with Crippen molar-refractivity contribution in [3.63, 3.8) is 0 Å². The van der Waals surface area contributed by atoms with Crippen LogP contribution in [0.1, 0.15) is 15.9 Å². The van der Waals surface area contributed by atoms with Gasteiger partial charge in [-0.25, -0.2) is 4.98 Å². The molecule has 1 aliphatic rings. The molecule has 1 amide bonds. The number of piperazine rings is 1. The van der Waals surface area contributed by atoms with Crippen molar-refractivity contribution in [1.82, 2.24) is 9.88 Å². The third-order valence-corrected chi connectivity index (χ3v) is 5.76. The highest BCUT2D eigenvalue weighted by molar-refractivity contribution is 7.22. The zero-order chi connectivity index (χ0) is 18.8. The van der Waals surface area contributed by atoms with Crippen molar-refractivity contribution in [3.8, 4) is 6.07 Å². The van der Waals surface area contributed by atoms with E-state index in [-0.39, 0.29) is 5.91 Å². The predicted octanol–water partition coefficient (Wildman–Crippen LogP) is 3.17. The molecule has 2 aromatic carbocycles. The summed E-state index contributed by atoms with van der Waals surface area (Å²) in [5, 5.41) is 12.8. The average Bonchev–Trinajstić information content (AvgIpc) is 3.12. The fourth-order valence-electron chi connectivity index (χ4n) is 3.02. The average molecular weight is 377 g/mol. The van der Waals surface area contributed by atoms with Crippen LogP contribution in [0, 0.1) is 11.3 Å². The van der Waals surface area contributed by atoms with Gasteiger partial charge in [0.25, 0.3) is 5.91 Å². The van der Waals surface area contributed by atoms with Crippen LogP contribution >= 0.6 is 11.3 Å². The third-order valence-electron chi connectivity index (χ3n) is 4.69. The van der Waals surface area contributed by atoms with Gasteiger partial charge in [-0.3, -0.25) is 4.79 Å². The lowest BCUT2D eigenvalue weighted by atomic mass is 10.1. The van der Waals surface area contributed by atoms with E-state index in [2.05, 4.69) is 28.2 Å². The van der Waals surface area contributed by atoms with Gasteiger partial charge in [0.2, 0.25) is 0 Å². The lowest BCUT2D eigenvalue weighted by Gasteiger charge is -2.31. The maximum Gasteiger partial charge on any atom is 0.255 e. The van der Waals surface area contributed by atoms with Crippen LogP contribution in [0.3, 0.4) is 0 Å². The lowest BCUT2D eigenvalue weighted by molar-refractivity contribution is 0.102. The summed E-state index contributed by atoms with van der Waals surface area (Å²) >= 11 is 1.66. The molecule has 7 heteroatoms. The van der Waals surface area contributed by atoms with Crippen LogP contribution in [0.5, 0.6) is 0 Å². The Hall–Kier alpha value is -2.95. The van der Waals surface area contributed by atoms with E-state index < -0.39 is 0 Å². The first kappa shape index (κ1) is 17.5. The van der Waals surface area contributed by atoms with Crippen molar-refractivity contribution in [2.75, 3.05) is 43.4 Å². The fourth-order valence-corrected chi connectivity index (χ4v) is 4.08. The Labute approximate surface area is 161 Å². The van der Waals surface area contributed by atoms with Gasteiger partial charge < -0.3 is 15.1 Å². The Bertz CT molecular complexity index is 1010. The normalized spacial score (nSPS) is 14.9. The first-order valence-corrected chi connectivity index (χ1v) is 9.59. The van der Waals surface area contributed by atoms with Crippen molar-refractivity contribution in [2.24, 2.45) is 0 Å². The number of hydrogen-bond acceptors (Lipinski definition) is 6. The van der Waals surface area contributed by atoms with Crippen molar-refractivity contribution in [1.29, 1.82) is 5.26 Å². The van der Waals surface area contributed by atoms with Gasteiger partial charge in [0, 0.05) is 37.4 Å². The highest BCUT2D eigenvalue weighted by atomic mass is 32.1. The minimum atomic E-state index is -0.192. The molecule has 0 aliphatic carbocycles. The molecule has 1 aromatic heterocycles. The zero-order valence-corrected chi connectivity index (χ0v) is 15.8. The number of nitriles is 1. The number of benzene rings is 2. The lowest BCUT2D eigenvalue weighted by Crippen LogP contribution is -2.44. The molecule has 0 saturated carbocycles. The van der Waals surface area contributed by atoms with Crippen molar-refractivity contribution < 1.29 is 4.79 Å². The van der Waals surface area contributed by atoms with Crippen LogP contribution < -0.4 is 10.2 Å². The zero-order valence-electron chi connectivity index (χ0n) is 15.0. The van der Waals surface area contributed by atoms with Crippen LogP contribution in [0.25, 0.3) is 10.2 Å². The van der Waals surface area contributed by atoms with Gasteiger partial charge in [-0.2, -0.15) is 5.26 Å². The molecule has 136 valence electrons. The maximum absolute atomic E-state index is 12.4. The molecule has 0 atom stereocenters. The summed E-state index contributed by atoms with van der Waals surface area (Å²) in [6.07, 6.45) is 0. The van der Waals surface area contributed by atoms with Crippen molar-refractivity contribution >= 4 is 38.3 Å². The second kappa shape index (κ2) is 7.35. The first-order valence-electron chi connectivity index (χ1n) is 8.78. The number of rotatable bonds is 3. The first-order chi connectivity index (χ1) is 13.1. The van der Waals surface area contributed by atoms with Crippen LogP contribution in [-0.2, 0) is 0 Å². The third kappa shape index (κ3) is 3.77. The second-order valence-corrected chi connectivity index (χ2v) is 7.62. The summed E-state index contributed by atoms with van der Waals surface area (Å²) < 4.78 is 1.06. The molecule has 1 N–H and O–H groups in total. The molecule has 1 saturated heterocycles. The smallest absolute Gasteiger partial charge is 0.255 e. The number of hydrogen-bond donors (Lipinski definition) is 1. The van der Waals surface area contributed by atoms with Gasteiger partial charge in [0.05, 0.1) is 21.8 Å². The molecule has 2 heterocycles. The number of carbonyl (C=O) groups is 1. The van der Waals surface area contributed by atoms with Gasteiger partial charge in [0.15, 0.2) is 5.13 Å². The van der Waals surface area contributed by atoms with Crippen LogP contribution in [0.2, 0.25) is 0 Å². The van der Waals surface area contributed by atoms with Gasteiger partial charge in [0.1, 0.15) is 0 Å². The molecule has 0 unspecified atom stereocenters. The molecular formula is C20H19N5OS. The Morgan fingerprint density at radius 3 is 2.59 bits per heavy atom. The number of fused-ring (bicyclic) bond motifs is 1. The van der Waals surface area contributed by atoms with Gasteiger partial charge in [-0.1, -0.05) is 11.3 Å². The molecule has 27 heavy (non-hydrogen) atoms. The predicted molar refractivity (Wildman–Crippen MR) is 108 cm³/mol. The van der Waals surface area contributed by atoms with E-state index >= 15 is 0 Å². The fraction of sp³-hybridized carbons (Fsp3) is 0.250. The summed E-state index contributed by atoms with van der Waals surface area (Å²) in [6.45, 7) is 4.06. The molecule has 0 radical (unpaired) electrons. The van der Waals surface area contributed by atoms with E-state index in [0.717, 1.165) is 47.2 Å². The Morgan fingerprint density at radius 2 is 1.89 bits per heavy atom. The van der Waals surface area contributed by atoms with Crippen molar-refractivity contribution in [2.45, 2.75) is 0 Å². The number of nitrogens with zero attached hydrogens (tertiary/aromatic N) is 4. The maximum atomic E-state index is 12.4. The monoisotopic (exact) mass is 377 g/mol. The highest BCUT2D eigenvalue weighted by Gasteiger charge is 2.18. The molecule has 1 aliphatic heterocycles. The molecule has 6 nitrogen and oxygen atoms in total. The molecule has 4 rings (SSSR count). The topological polar surface area (TPSA) is 72.3 Å². The van der Waals surface area contributed by atoms with E-state index in [1.54, 1.807) is 35.6 Å². The van der Waals surface area contributed by atoms with Crippen LogP contribution in [-0.4, -0.2) is 49.0 Å². The largest absolute Gasteiger partial charge is 0.345 e. The summed E-state index contributed by atoms with van der Waals surface area (Å²) in [5.41, 5.74) is 2.75. The number of aromatic nitrogens is 1. The molecule has 1 fully saturated rings. The van der Waals surface area contributed by atoms with Crippen LogP contribution in [0.4, 0.5) is 10.8 Å². The number of anilines is 2. The quantitative estimate of drug-likeness (QED) is 0.759. The minimum Gasteiger partial charge on any atom is -0.345 e. The van der Waals surface area contributed by atoms with Crippen molar-refractivity contribution in [3.05, 3.63) is 53.6 Å². The van der Waals surface area contributed by atoms with E-state index in [0.29, 0.717) is 11.1 Å². The standard InChI is InChI=1S/C20H19N5OS/c1-24-8-10-25(11-9-24)20-23-17-7-6-16(12-18(17)27-20)22-19(26)15-4-2-14(13-21)3-5-15/h2-7,12H,8-11H2,1H3,(H,22,26). The number of thiazole rings is 1. The number of amides is 1. The number of nitrogens with one attached hydrogen (secondary N) is 1. The van der Waals surface area contributed by atoms with E-state index in [1.165, 1.54) is 0 Å². The summed E-state index contributed by atoms with van der Waals surface area (Å²) in [7, 11) is 2.14. The number of carbonyl (C=O) groups excluding carboxylic acids is 1. The molecular weight excluding hydrogens is 358 g/mol. The van der Waals surface area contributed by atoms with E-state index in [9.17, 15) is 4.79 Å². The van der Waals surface area contributed by atoms with E-state index in [4.69, 9.17) is 10.2 Å². The Morgan fingerprint density at radius 1 is 1.15 bits per heavy atom. The van der Waals surface area contributed by atoms with E-state index in [1.807, 2.05) is 18.2 Å². The minimum absolute atomic E-state index is 0.192. The Balaban J connectivity index is 1.51. The van der Waals surface area contributed by atoms with Gasteiger partial charge in [-0.05, 0) is 49.5 Å². The van der Waals surface area contributed by atoms with Gasteiger partial charge >= 0.3 is 0 Å². The van der Waals surface area contributed by atoms with Gasteiger partial charge in [-0.15, -0.1) is 0 Å². The van der Waals surface area contributed by atoms with Crippen LogP contribution in [0.15, 0.2) is 42.5 Å². The SMILES string of the molecule is CN1CCN(c2nc3ccc(NC(=O)c4ccc(C#N)cc4)cc3s2)CC1. The summed E-state index contributed by atoms with van der Waals surface area (Å²) in [6, 6.07) is 14.4. The summed E-state index contributed by atoms with van der Waals surface area (Å²) in [5.74, 6) is -0.192. The number of likely N-dealkylation sites (N-methyl/N-ethyl adjacent to an activating group) is 1. The molecule has 0 bridgehead atoms.